The summed E-state index contributed by atoms with van der Waals surface area (Å²) < 4.78 is 42.1. The lowest BCUT2D eigenvalue weighted by Crippen LogP contribution is -2.32. The van der Waals surface area contributed by atoms with E-state index in [-0.39, 0.29) is 24.7 Å². The lowest BCUT2D eigenvalue weighted by molar-refractivity contribution is 0.286. The van der Waals surface area contributed by atoms with E-state index in [1.54, 1.807) is 13.0 Å². The lowest BCUT2D eigenvalue weighted by atomic mass is 10.3. The Morgan fingerprint density at radius 2 is 2.12 bits per heavy atom. The highest BCUT2D eigenvalue weighted by molar-refractivity contribution is 7.89. The van der Waals surface area contributed by atoms with Gasteiger partial charge in [0.2, 0.25) is 10.0 Å². The molecule has 0 N–H and O–H groups in total. The zero-order chi connectivity index (χ0) is 12.9. The van der Waals surface area contributed by atoms with Crippen LogP contribution in [-0.4, -0.2) is 38.7 Å². The molecule has 0 atom stereocenters. The second-order valence-corrected chi connectivity index (χ2v) is 5.89. The molecule has 1 aromatic carbocycles. The number of sulfonamides is 1. The van der Waals surface area contributed by atoms with Crippen molar-refractivity contribution in [3.8, 4) is 5.75 Å². The summed E-state index contributed by atoms with van der Waals surface area (Å²) in [6.07, 6.45) is 0. The first kappa shape index (κ1) is 13.9. The maximum atomic E-state index is 12.8. The van der Waals surface area contributed by atoms with Gasteiger partial charge in [0.15, 0.2) is 0 Å². The van der Waals surface area contributed by atoms with E-state index in [1.807, 2.05) is 0 Å². The Labute approximate surface area is 101 Å². The maximum Gasteiger partial charge on any atom is 0.213 e. The molecular formula is C11H16FNO3S. The number of ether oxygens (including phenoxy) is 1. The zero-order valence-electron chi connectivity index (χ0n) is 9.89. The van der Waals surface area contributed by atoms with Crippen molar-refractivity contribution < 1.29 is 17.5 Å². The van der Waals surface area contributed by atoms with Crippen molar-refractivity contribution >= 4 is 10.0 Å². The van der Waals surface area contributed by atoms with Crippen LogP contribution in [-0.2, 0) is 10.0 Å². The van der Waals surface area contributed by atoms with Gasteiger partial charge in [0.25, 0.3) is 0 Å². The maximum absolute atomic E-state index is 12.8. The predicted molar refractivity (Wildman–Crippen MR) is 64.0 cm³/mol. The van der Waals surface area contributed by atoms with E-state index in [4.69, 9.17) is 4.74 Å². The fraction of sp³-hybridized carbons (Fsp3) is 0.455. The van der Waals surface area contributed by atoms with E-state index < -0.39 is 10.0 Å². The van der Waals surface area contributed by atoms with E-state index in [0.717, 1.165) is 0 Å². The fourth-order valence-electron chi connectivity index (χ4n) is 1.21. The first-order valence-corrected chi connectivity index (χ1v) is 6.89. The fourth-order valence-corrected chi connectivity index (χ4v) is 2.00. The highest BCUT2D eigenvalue weighted by atomic mass is 32.2. The third-order valence-electron chi connectivity index (χ3n) is 2.31. The van der Waals surface area contributed by atoms with Crippen LogP contribution in [0.25, 0.3) is 0 Å². The first-order chi connectivity index (χ1) is 7.95. The highest BCUT2D eigenvalue weighted by Gasteiger charge is 2.14. The van der Waals surface area contributed by atoms with Gasteiger partial charge in [-0.1, -0.05) is 6.07 Å². The van der Waals surface area contributed by atoms with E-state index in [1.165, 1.54) is 29.6 Å². The quantitative estimate of drug-likeness (QED) is 0.779. The molecule has 0 aliphatic heterocycles. The molecule has 0 bridgehead atoms. The van der Waals surface area contributed by atoms with Gasteiger partial charge in [-0.15, -0.1) is 0 Å². The van der Waals surface area contributed by atoms with Gasteiger partial charge in [-0.05, 0) is 19.1 Å². The topological polar surface area (TPSA) is 46.6 Å². The van der Waals surface area contributed by atoms with E-state index >= 15 is 0 Å². The van der Waals surface area contributed by atoms with Crippen molar-refractivity contribution in [3.05, 3.63) is 30.1 Å². The molecule has 0 aliphatic carbocycles. The molecule has 0 saturated heterocycles. The van der Waals surface area contributed by atoms with Crippen molar-refractivity contribution in [1.82, 2.24) is 4.31 Å². The van der Waals surface area contributed by atoms with Gasteiger partial charge in [0.1, 0.15) is 18.2 Å². The van der Waals surface area contributed by atoms with Gasteiger partial charge in [-0.25, -0.2) is 17.1 Å². The van der Waals surface area contributed by atoms with Crippen LogP contribution in [0.15, 0.2) is 24.3 Å². The summed E-state index contributed by atoms with van der Waals surface area (Å²) in [4.78, 5) is 0. The number of hydrogen-bond acceptors (Lipinski definition) is 3. The monoisotopic (exact) mass is 261 g/mol. The standard InChI is InChI=1S/C11H16FNO3S/c1-3-17(14,15)13(2)7-8-16-11-6-4-5-10(12)9-11/h4-6,9H,3,7-8H2,1-2H3. The molecule has 0 radical (unpaired) electrons. The summed E-state index contributed by atoms with van der Waals surface area (Å²) in [5.74, 6) is 0.0769. The highest BCUT2D eigenvalue weighted by Crippen LogP contribution is 2.11. The molecule has 0 heterocycles. The first-order valence-electron chi connectivity index (χ1n) is 5.28. The molecule has 0 saturated carbocycles. The molecular weight excluding hydrogens is 245 g/mol. The van der Waals surface area contributed by atoms with Crippen LogP contribution < -0.4 is 4.74 Å². The Hall–Kier alpha value is -1.14. The summed E-state index contributed by atoms with van der Waals surface area (Å²) >= 11 is 0. The predicted octanol–water partition coefficient (Wildman–Crippen LogP) is 1.49. The molecule has 1 rings (SSSR count). The van der Waals surface area contributed by atoms with E-state index in [2.05, 4.69) is 0 Å². The average molecular weight is 261 g/mol. The third-order valence-corrected chi connectivity index (χ3v) is 4.17. The Balaban J connectivity index is 2.43. The largest absolute Gasteiger partial charge is 0.492 e. The average Bonchev–Trinajstić information content (AvgIpc) is 2.29. The second-order valence-electron chi connectivity index (χ2n) is 3.53. The number of rotatable bonds is 6. The molecule has 0 unspecified atom stereocenters. The SMILES string of the molecule is CCS(=O)(=O)N(C)CCOc1cccc(F)c1. The van der Waals surface area contributed by atoms with Crippen molar-refractivity contribution in [2.45, 2.75) is 6.92 Å². The number of benzene rings is 1. The van der Waals surface area contributed by atoms with E-state index in [9.17, 15) is 12.8 Å². The van der Waals surface area contributed by atoms with Gasteiger partial charge in [-0.3, -0.25) is 0 Å². The normalized spacial score (nSPS) is 11.8. The Morgan fingerprint density at radius 1 is 1.41 bits per heavy atom. The molecule has 0 aromatic heterocycles. The minimum absolute atomic E-state index is 0.0590. The van der Waals surface area contributed by atoms with Crippen LogP contribution in [0.3, 0.4) is 0 Å². The third kappa shape index (κ3) is 4.32. The number of hydrogen-bond donors (Lipinski definition) is 0. The second kappa shape index (κ2) is 5.97. The Kier molecular flexibility index (Phi) is 4.89. The summed E-state index contributed by atoms with van der Waals surface area (Å²) in [5.41, 5.74) is 0. The Bertz CT molecular complexity index is 462. The van der Waals surface area contributed by atoms with Crippen molar-refractivity contribution in [2.24, 2.45) is 0 Å². The molecule has 4 nitrogen and oxygen atoms in total. The van der Waals surface area contributed by atoms with Crippen molar-refractivity contribution in [3.63, 3.8) is 0 Å². The smallest absolute Gasteiger partial charge is 0.213 e. The van der Waals surface area contributed by atoms with Gasteiger partial charge in [0.05, 0.1) is 5.75 Å². The van der Waals surface area contributed by atoms with Gasteiger partial charge < -0.3 is 4.74 Å². The number of likely N-dealkylation sites (N-methyl/N-ethyl adjacent to an activating group) is 1. The van der Waals surface area contributed by atoms with E-state index in [0.29, 0.717) is 5.75 Å². The minimum Gasteiger partial charge on any atom is -0.492 e. The summed E-state index contributed by atoms with van der Waals surface area (Å²) in [6.45, 7) is 2.02. The molecule has 0 amide bonds. The summed E-state index contributed by atoms with van der Waals surface area (Å²) in [5, 5.41) is 0. The molecule has 0 aliphatic rings. The molecule has 0 fully saturated rings. The molecule has 17 heavy (non-hydrogen) atoms. The molecule has 96 valence electrons. The van der Waals surface area contributed by atoms with Gasteiger partial charge >= 0.3 is 0 Å². The molecule has 0 spiro atoms. The summed E-state index contributed by atoms with van der Waals surface area (Å²) in [7, 11) is -1.69. The molecule has 6 heteroatoms. The zero-order valence-corrected chi connectivity index (χ0v) is 10.7. The van der Waals surface area contributed by atoms with Crippen LogP contribution in [0.1, 0.15) is 6.92 Å². The molecule has 1 aromatic rings. The van der Waals surface area contributed by atoms with Gasteiger partial charge in [0, 0.05) is 19.7 Å². The van der Waals surface area contributed by atoms with Crippen molar-refractivity contribution in [2.75, 3.05) is 26.0 Å². The number of halogens is 1. The Morgan fingerprint density at radius 3 is 2.71 bits per heavy atom. The van der Waals surface area contributed by atoms with Crippen LogP contribution >= 0.6 is 0 Å². The number of nitrogens with zero attached hydrogens (tertiary/aromatic N) is 1. The van der Waals surface area contributed by atoms with Gasteiger partial charge in [-0.2, -0.15) is 0 Å². The van der Waals surface area contributed by atoms with Crippen LogP contribution in [0.2, 0.25) is 0 Å². The lowest BCUT2D eigenvalue weighted by Gasteiger charge is -2.16. The van der Waals surface area contributed by atoms with Crippen LogP contribution in [0, 0.1) is 5.82 Å². The van der Waals surface area contributed by atoms with Crippen LogP contribution in [0.4, 0.5) is 4.39 Å². The van der Waals surface area contributed by atoms with Crippen molar-refractivity contribution in [1.29, 1.82) is 0 Å². The summed E-state index contributed by atoms with van der Waals surface area (Å²) in [6, 6.07) is 5.74. The van der Waals surface area contributed by atoms with Crippen LogP contribution in [0.5, 0.6) is 5.75 Å². The minimum atomic E-state index is -3.18.